The van der Waals surface area contributed by atoms with Crippen LogP contribution in [0.5, 0.6) is 0 Å². The Kier molecular flexibility index (Phi) is 3.38. The Bertz CT molecular complexity index is 823. The minimum Gasteiger partial charge on any atom is -0.337 e. The van der Waals surface area contributed by atoms with Gasteiger partial charge in [-0.15, -0.1) is 10.2 Å². The maximum Gasteiger partial charge on any atom is 0.255 e. The molecule has 7 heteroatoms. The molecule has 0 bridgehead atoms. The molecule has 1 aliphatic rings. The summed E-state index contributed by atoms with van der Waals surface area (Å²) in [6.45, 7) is 2.80. The maximum absolute atomic E-state index is 12.4. The fourth-order valence-electron chi connectivity index (χ4n) is 2.83. The Hall–Kier alpha value is -2.96. The molecule has 0 spiro atoms. The molecule has 116 valence electrons. The number of pyridine rings is 2. The van der Waals surface area contributed by atoms with Crippen molar-refractivity contribution in [3.05, 3.63) is 54.5 Å². The molecule has 0 aromatic carbocycles. The molecule has 0 saturated carbocycles. The molecule has 1 aliphatic heterocycles. The number of nitrogens with zero attached hydrogens (tertiary/aromatic N) is 6. The maximum atomic E-state index is 12.4. The third-order valence-electron chi connectivity index (χ3n) is 4.05. The molecular weight excluding hydrogens is 292 g/mol. The minimum atomic E-state index is 0.0313. The smallest absolute Gasteiger partial charge is 0.255 e. The first-order valence-corrected chi connectivity index (χ1v) is 7.57. The fourth-order valence-corrected chi connectivity index (χ4v) is 2.83. The minimum absolute atomic E-state index is 0.0313. The van der Waals surface area contributed by atoms with Crippen molar-refractivity contribution >= 4 is 17.5 Å². The Morgan fingerprint density at radius 3 is 2.65 bits per heavy atom. The highest BCUT2D eigenvalue weighted by Crippen LogP contribution is 2.16. The van der Waals surface area contributed by atoms with E-state index in [4.69, 9.17) is 0 Å². The number of piperazine rings is 1. The van der Waals surface area contributed by atoms with Crippen LogP contribution in [0.1, 0.15) is 10.4 Å². The molecule has 1 saturated heterocycles. The lowest BCUT2D eigenvalue weighted by Crippen LogP contribution is -2.49. The van der Waals surface area contributed by atoms with Crippen molar-refractivity contribution in [1.29, 1.82) is 0 Å². The second-order valence-corrected chi connectivity index (χ2v) is 5.45. The molecule has 0 radical (unpaired) electrons. The van der Waals surface area contributed by atoms with E-state index in [9.17, 15) is 4.79 Å². The van der Waals surface area contributed by atoms with Gasteiger partial charge in [0.1, 0.15) is 0 Å². The number of rotatable bonds is 2. The molecular formula is C16H16N6O. The van der Waals surface area contributed by atoms with Crippen LogP contribution in [0.15, 0.2) is 48.9 Å². The van der Waals surface area contributed by atoms with Crippen LogP contribution < -0.4 is 4.90 Å². The SMILES string of the molecule is O=C(c1cccnc1)N1CCN(c2nnc3ccccn23)CC1. The van der Waals surface area contributed by atoms with Gasteiger partial charge in [0, 0.05) is 44.8 Å². The van der Waals surface area contributed by atoms with E-state index in [0.29, 0.717) is 18.7 Å². The zero-order valence-electron chi connectivity index (χ0n) is 12.5. The van der Waals surface area contributed by atoms with Gasteiger partial charge >= 0.3 is 0 Å². The van der Waals surface area contributed by atoms with Crippen LogP contribution in [-0.2, 0) is 0 Å². The molecule has 0 N–H and O–H groups in total. The van der Waals surface area contributed by atoms with Crippen LogP contribution in [0.4, 0.5) is 5.95 Å². The summed E-state index contributed by atoms with van der Waals surface area (Å²) >= 11 is 0. The zero-order valence-corrected chi connectivity index (χ0v) is 12.5. The van der Waals surface area contributed by atoms with E-state index in [1.165, 1.54) is 0 Å². The van der Waals surface area contributed by atoms with Crippen LogP contribution in [0.25, 0.3) is 5.65 Å². The van der Waals surface area contributed by atoms with Gasteiger partial charge in [0.15, 0.2) is 5.65 Å². The molecule has 0 unspecified atom stereocenters. The van der Waals surface area contributed by atoms with Crippen LogP contribution in [0, 0.1) is 0 Å². The molecule has 1 amide bonds. The van der Waals surface area contributed by atoms with Gasteiger partial charge in [0.25, 0.3) is 5.91 Å². The van der Waals surface area contributed by atoms with Gasteiger partial charge in [-0.25, -0.2) is 0 Å². The molecule has 0 atom stereocenters. The van der Waals surface area contributed by atoms with Gasteiger partial charge in [-0.2, -0.15) is 0 Å². The number of carbonyl (C=O) groups excluding carboxylic acids is 1. The Morgan fingerprint density at radius 1 is 1.00 bits per heavy atom. The van der Waals surface area contributed by atoms with E-state index in [2.05, 4.69) is 20.1 Å². The van der Waals surface area contributed by atoms with Crippen LogP contribution in [-0.4, -0.2) is 56.6 Å². The van der Waals surface area contributed by atoms with E-state index in [1.807, 2.05) is 33.7 Å². The van der Waals surface area contributed by atoms with E-state index < -0.39 is 0 Å². The van der Waals surface area contributed by atoms with Crippen molar-refractivity contribution in [3.8, 4) is 0 Å². The average molecular weight is 308 g/mol. The van der Waals surface area contributed by atoms with Crippen LogP contribution in [0.3, 0.4) is 0 Å². The van der Waals surface area contributed by atoms with Crippen molar-refractivity contribution in [2.24, 2.45) is 0 Å². The zero-order chi connectivity index (χ0) is 15.6. The highest BCUT2D eigenvalue weighted by Gasteiger charge is 2.24. The predicted octanol–water partition coefficient (Wildman–Crippen LogP) is 1.09. The summed E-state index contributed by atoms with van der Waals surface area (Å²) in [5.74, 6) is 0.859. The average Bonchev–Trinajstić information content (AvgIpc) is 3.06. The van der Waals surface area contributed by atoms with Crippen molar-refractivity contribution in [1.82, 2.24) is 24.5 Å². The van der Waals surface area contributed by atoms with E-state index >= 15 is 0 Å². The molecule has 23 heavy (non-hydrogen) atoms. The number of hydrogen-bond acceptors (Lipinski definition) is 5. The molecule has 3 aromatic heterocycles. The summed E-state index contributed by atoms with van der Waals surface area (Å²) in [6.07, 6.45) is 5.24. The first-order chi connectivity index (χ1) is 11.3. The second kappa shape index (κ2) is 5.68. The Balaban J connectivity index is 1.48. The van der Waals surface area contributed by atoms with Gasteiger partial charge in [-0.05, 0) is 24.3 Å². The molecule has 4 heterocycles. The van der Waals surface area contributed by atoms with Crippen LogP contribution in [0.2, 0.25) is 0 Å². The topological polar surface area (TPSA) is 66.6 Å². The summed E-state index contributed by atoms with van der Waals surface area (Å²) in [5, 5.41) is 8.45. The van der Waals surface area contributed by atoms with Crippen molar-refractivity contribution < 1.29 is 4.79 Å². The highest BCUT2D eigenvalue weighted by atomic mass is 16.2. The molecule has 3 aromatic rings. The van der Waals surface area contributed by atoms with Gasteiger partial charge in [0.05, 0.1) is 5.56 Å². The third kappa shape index (κ3) is 2.50. The van der Waals surface area contributed by atoms with Crippen LogP contribution >= 0.6 is 0 Å². The summed E-state index contributed by atoms with van der Waals surface area (Å²) in [4.78, 5) is 20.5. The fraction of sp³-hybridized carbons (Fsp3) is 0.250. The van der Waals surface area contributed by atoms with Gasteiger partial charge in [-0.1, -0.05) is 6.07 Å². The lowest BCUT2D eigenvalue weighted by molar-refractivity contribution is 0.0746. The van der Waals surface area contributed by atoms with Crippen molar-refractivity contribution in [2.45, 2.75) is 0 Å². The van der Waals surface area contributed by atoms with Gasteiger partial charge in [-0.3, -0.25) is 14.2 Å². The number of anilines is 1. The largest absolute Gasteiger partial charge is 0.337 e. The third-order valence-corrected chi connectivity index (χ3v) is 4.05. The summed E-state index contributed by atoms with van der Waals surface area (Å²) in [7, 11) is 0. The Labute approximate surface area is 133 Å². The number of aromatic nitrogens is 4. The summed E-state index contributed by atoms with van der Waals surface area (Å²) in [5.41, 5.74) is 1.46. The summed E-state index contributed by atoms with van der Waals surface area (Å²) < 4.78 is 1.97. The first-order valence-electron chi connectivity index (χ1n) is 7.57. The number of amides is 1. The Morgan fingerprint density at radius 2 is 1.87 bits per heavy atom. The molecule has 7 nitrogen and oxygen atoms in total. The second-order valence-electron chi connectivity index (χ2n) is 5.45. The number of carbonyl (C=O) groups is 1. The lowest BCUT2D eigenvalue weighted by atomic mass is 10.2. The molecule has 4 rings (SSSR count). The molecule has 1 fully saturated rings. The standard InChI is InChI=1S/C16H16N6O/c23-15(13-4-3-6-17-12-13)20-8-10-21(11-9-20)16-19-18-14-5-1-2-7-22(14)16/h1-7,12H,8-11H2. The number of hydrogen-bond donors (Lipinski definition) is 0. The van der Waals surface area contributed by atoms with Gasteiger partial charge in [0.2, 0.25) is 5.95 Å². The van der Waals surface area contributed by atoms with E-state index in [0.717, 1.165) is 24.7 Å². The van der Waals surface area contributed by atoms with E-state index in [-0.39, 0.29) is 5.91 Å². The predicted molar refractivity (Wildman–Crippen MR) is 85.3 cm³/mol. The van der Waals surface area contributed by atoms with Crippen molar-refractivity contribution in [3.63, 3.8) is 0 Å². The first kappa shape index (κ1) is 13.7. The highest BCUT2D eigenvalue weighted by molar-refractivity contribution is 5.94. The monoisotopic (exact) mass is 308 g/mol. The quantitative estimate of drug-likeness (QED) is 0.709. The number of fused-ring (bicyclic) bond motifs is 1. The molecule has 0 aliphatic carbocycles. The normalized spacial score (nSPS) is 15.1. The lowest BCUT2D eigenvalue weighted by Gasteiger charge is -2.34. The summed E-state index contributed by atoms with van der Waals surface area (Å²) in [6, 6.07) is 9.42. The van der Waals surface area contributed by atoms with E-state index in [1.54, 1.807) is 24.5 Å². The van der Waals surface area contributed by atoms with Crippen molar-refractivity contribution in [2.75, 3.05) is 31.1 Å². The van der Waals surface area contributed by atoms with Gasteiger partial charge < -0.3 is 9.80 Å².